The van der Waals surface area contributed by atoms with Crippen molar-refractivity contribution < 1.29 is 13.2 Å². The van der Waals surface area contributed by atoms with Gasteiger partial charge in [0.15, 0.2) is 0 Å². The summed E-state index contributed by atoms with van der Waals surface area (Å²) in [5.41, 5.74) is 0.431. The molecule has 0 amide bonds. The van der Waals surface area contributed by atoms with Gasteiger partial charge in [-0.25, -0.2) is 13.1 Å². The number of nitrogens with zero attached hydrogens (tertiary/aromatic N) is 1. The molecule has 0 aliphatic rings. The number of nitrogens with one attached hydrogen (secondary N) is 2. The summed E-state index contributed by atoms with van der Waals surface area (Å²) in [5, 5.41) is 11.7. The van der Waals surface area contributed by atoms with Gasteiger partial charge < -0.3 is 10.1 Å². The molecule has 7 heteroatoms. The minimum atomic E-state index is -3.51. The first-order valence-corrected chi connectivity index (χ1v) is 7.28. The van der Waals surface area contributed by atoms with Crippen molar-refractivity contribution in [1.29, 1.82) is 5.26 Å². The van der Waals surface area contributed by atoms with Gasteiger partial charge in [-0.2, -0.15) is 5.26 Å². The highest BCUT2D eigenvalue weighted by molar-refractivity contribution is 7.89. The van der Waals surface area contributed by atoms with E-state index in [2.05, 4.69) is 10.0 Å². The average molecular weight is 283 g/mol. The lowest BCUT2D eigenvalue weighted by Gasteiger charge is -2.07. The fourth-order valence-electron chi connectivity index (χ4n) is 1.36. The molecule has 0 spiro atoms. The summed E-state index contributed by atoms with van der Waals surface area (Å²) in [6.45, 7) is 2.09. The zero-order valence-corrected chi connectivity index (χ0v) is 11.5. The number of ether oxygens (including phenoxy) is 1. The van der Waals surface area contributed by atoms with Crippen LogP contribution in [0.4, 0.5) is 0 Å². The van der Waals surface area contributed by atoms with Crippen LogP contribution in [0.5, 0.6) is 0 Å². The summed E-state index contributed by atoms with van der Waals surface area (Å²) in [7, 11) is -1.90. The molecule has 0 aliphatic heterocycles. The van der Waals surface area contributed by atoms with Gasteiger partial charge in [-0.05, 0) is 24.3 Å². The van der Waals surface area contributed by atoms with E-state index in [9.17, 15) is 8.42 Å². The molecule has 19 heavy (non-hydrogen) atoms. The normalized spacial score (nSPS) is 11.2. The number of rotatable bonds is 8. The second-order valence-corrected chi connectivity index (χ2v) is 5.54. The quantitative estimate of drug-likeness (QED) is 0.659. The van der Waals surface area contributed by atoms with Crippen LogP contribution in [-0.4, -0.2) is 41.8 Å². The predicted molar refractivity (Wildman–Crippen MR) is 71.1 cm³/mol. The molecule has 1 rings (SSSR count). The molecule has 0 radical (unpaired) electrons. The Morgan fingerprint density at radius 2 is 1.89 bits per heavy atom. The second kappa shape index (κ2) is 7.86. The largest absolute Gasteiger partial charge is 0.383 e. The lowest BCUT2D eigenvalue weighted by Crippen LogP contribution is -2.33. The molecule has 0 aromatic heterocycles. The maximum absolute atomic E-state index is 11.9. The summed E-state index contributed by atoms with van der Waals surface area (Å²) in [6, 6.07) is 7.73. The Balaban J connectivity index is 2.45. The Labute approximate surface area is 113 Å². The molecular formula is C12H17N3O3S. The fourth-order valence-corrected chi connectivity index (χ4v) is 2.40. The van der Waals surface area contributed by atoms with Gasteiger partial charge in [-0.1, -0.05) is 0 Å². The number of nitriles is 1. The maximum Gasteiger partial charge on any atom is 0.240 e. The molecule has 0 unspecified atom stereocenters. The summed E-state index contributed by atoms with van der Waals surface area (Å²) >= 11 is 0. The number of benzene rings is 1. The molecule has 1 aromatic carbocycles. The Bertz CT molecular complexity index is 520. The smallest absolute Gasteiger partial charge is 0.240 e. The van der Waals surface area contributed by atoms with E-state index in [1.807, 2.05) is 6.07 Å². The van der Waals surface area contributed by atoms with Gasteiger partial charge >= 0.3 is 0 Å². The van der Waals surface area contributed by atoms with Crippen LogP contribution in [0.15, 0.2) is 29.2 Å². The third kappa shape index (κ3) is 5.36. The Morgan fingerprint density at radius 3 is 2.47 bits per heavy atom. The first-order valence-electron chi connectivity index (χ1n) is 5.79. The van der Waals surface area contributed by atoms with Crippen molar-refractivity contribution in [3.05, 3.63) is 29.8 Å². The van der Waals surface area contributed by atoms with Crippen LogP contribution in [0.2, 0.25) is 0 Å². The summed E-state index contributed by atoms with van der Waals surface area (Å²) in [6.07, 6.45) is 0. The molecule has 104 valence electrons. The van der Waals surface area contributed by atoms with Gasteiger partial charge in [-0.3, -0.25) is 0 Å². The standard InChI is InChI=1S/C12H17N3O3S/c1-18-9-8-14-6-7-15-19(16,17)12-4-2-11(10-13)3-5-12/h2-5,14-15H,6-9H2,1H3. The third-order valence-corrected chi connectivity index (χ3v) is 3.85. The van der Waals surface area contributed by atoms with E-state index < -0.39 is 10.0 Å². The van der Waals surface area contributed by atoms with Crippen molar-refractivity contribution in [3.63, 3.8) is 0 Å². The van der Waals surface area contributed by atoms with E-state index >= 15 is 0 Å². The van der Waals surface area contributed by atoms with E-state index in [-0.39, 0.29) is 4.90 Å². The van der Waals surface area contributed by atoms with Gasteiger partial charge in [0.2, 0.25) is 10.0 Å². The number of methoxy groups -OCH3 is 1. The molecule has 0 saturated carbocycles. The monoisotopic (exact) mass is 283 g/mol. The zero-order chi connectivity index (χ0) is 14.1. The molecule has 1 aromatic rings. The van der Waals surface area contributed by atoms with Gasteiger partial charge in [0.05, 0.1) is 23.1 Å². The Kier molecular flexibility index (Phi) is 6.45. The van der Waals surface area contributed by atoms with Crippen molar-refractivity contribution in [2.24, 2.45) is 0 Å². The van der Waals surface area contributed by atoms with Gasteiger partial charge in [0.25, 0.3) is 0 Å². The zero-order valence-electron chi connectivity index (χ0n) is 10.7. The SMILES string of the molecule is COCCNCCNS(=O)(=O)c1ccc(C#N)cc1. The molecular weight excluding hydrogens is 266 g/mol. The van der Waals surface area contributed by atoms with E-state index in [0.717, 1.165) is 0 Å². The van der Waals surface area contributed by atoms with Crippen LogP contribution in [-0.2, 0) is 14.8 Å². The van der Waals surface area contributed by atoms with Gasteiger partial charge in [0, 0.05) is 26.7 Å². The molecule has 2 N–H and O–H groups in total. The molecule has 0 aliphatic carbocycles. The van der Waals surface area contributed by atoms with E-state index in [1.54, 1.807) is 7.11 Å². The van der Waals surface area contributed by atoms with Crippen LogP contribution in [0.1, 0.15) is 5.56 Å². The third-order valence-electron chi connectivity index (χ3n) is 2.37. The number of sulfonamides is 1. The maximum atomic E-state index is 11.9. The predicted octanol–water partition coefficient (Wildman–Crippen LogP) is 0.0726. The van der Waals surface area contributed by atoms with Crippen LogP contribution >= 0.6 is 0 Å². The van der Waals surface area contributed by atoms with Crippen molar-refractivity contribution >= 4 is 10.0 Å². The fraction of sp³-hybridized carbons (Fsp3) is 0.417. The summed E-state index contributed by atoms with van der Waals surface area (Å²) in [5.74, 6) is 0. The Morgan fingerprint density at radius 1 is 1.21 bits per heavy atom. The van der Waals surface area contributed by atoms with Crippen molar-refractivity contribution in [1.82, 2.24) is 10.0 Å². The van der Waals surface area contributed by atoms with Crippen LogP contribution in [0.25, 0.3) is 0 Å². The van der Waals surface area contributed by atoms with Crippen molar-refractivity contribution in [3.8, 4) is 6.07 Å². The lowest BCUT2D eigenvalue weighted by molar-refractivity contribution is 0.199. The molecule has 0 heterocycles. The minimum absolute atomic E-state index is 0.156. The molecule has 6 nitrogen and oxygen atoms in total. The number of hydrogen-bond donors (Lipinski definition) is 2. The lowest BCUT2D eigenvalue weighted by atomic mass is 10.2. The van der Waals surface area contributed by atoms with Crippen molar-refractivity contribution in [2.75, 3.05) is 33.4 Å². The summed E-state index contributed by atoms with van der Waals surface area (Å²) < 4.78 is 31.1. The number of hydrogen-bond acceptors (Lipinski definition) is 5. The van der Waals surface area contributed by atoms with Crippen LogP contribution in [0.3, 0.4) is 0 Å². The second-order valence-electron chi connectivity index (χ2n) is 3.78. The highest BCUT2D eigenvalue weighted by Crippen LogP contribution is 2.09. The van der Waals surface area contributed by atoms with E-state index in [4.69, 9.17) is 10.00 Å². The van der Waals surface area contributed by atoms with Gasteiger partial charge in [-0.15, -0.1) is 0 Å². The molecule has 0 atom stereocenters. The summed E-state index contributed by atoms with van der Waals surface area (Å²) in [4.78, 5) is 0.156. The van der Waals surface area contributed by atoms with E-state index in [0.29, 0.717) is 31.8 Å². The highest BCUT2D eigenvalue weighted by atomic mass is 32.2. The minimum Gasteiger partial charge on any atom is -0.383 e. The average Bonchev–Trinajstić information content (AvgIpc) is 2.43. The highest BCUT2D eigenvalue weighted by Gasteiger charge is 2.12. The molecule has 0 saturated heterocycles. The first kappa shape index (κ1) is 15.6. The molecule has 0 bridgehead atoms. The van der Waals surface area contributed by atoms with E-state index in [1.165, 1.54) is 24.3 Å². The topological polar surface area (TPSA) is 91.2 Å². The van der Waals surface area contributed by atoms with Crippen molar-refractivity contribution in [2.45, 2.75) is 4.90 Å². The van der Waals surface area contributed by atoms with Crippen LogP contribution in [0, 0.1) is 11.3 Å². The van der Waals surface area contributed by atoms with Crippen LogP contribution < -0.4 is 10.0 Å². The molecule has 0 fully saturated rings. The Hall–Kier alpha value is -1.46. The first-order chi connectivity index (χ1) is 9.10. The van der Waals surface area contributed by atoms with Gasteiger partial charge in [0.1, 0.15) is 0 Å².